The van der Waals surface area contributed by atoms with Crippen LogP contribution in [0.2, 0.25) is 0 Å². The first kappa shape index (κ1) is 13.8. The van der Waals surface area contributed by atoms with Crippen molar-refractivity contribution in [1.29, 1.82) is 0 Å². The Kier molecular flexibility index (Phi) is 3.84. The predicted molar refractivity (Wildman–Crippen MR) is 72.9 cm³/mol. The summed E-state index contributed by atoms with van der Waals surface area (Å²) >= 11 is 0. The lowest BCUT2D eigenvalue weighted by Crippen LogP contribution is -2.27. The fourth-order valence-electron chi connectivity index (χ4n) is 2.17. The zero-order valence-corrected chi connectivity index (χ0v) is 10.8. The minimum atomic E-state index is -0.786. The fourth-order valence-corrected chi connectivity index (χ4v) is 2.17. The highest BCUT2D eigenvalue weighted by atomic mass is 16.3. The van der Waals surface area contributed by atoms with E-state index in [0.717, 1.165) is 5.56 Å². The van der Waals surface area contributed by atoms with Crippen LogP contribution in [0, 0.1) is 0 Å². The van der Waals surface area contributed by atoms with Gasteiger partial charge in [0.05, 0.1) is 5.56 Å². The van der Waals surface area contributed by atoms with E-state index in [1.165, 1.54) is 6.92 Å². The molecule has 20 heavy (non-hydrogen) atoms. The number of ketones is 1. The summed E-state index contributed by atoms with van der Waals surface area (Å²) < 4.78 is 0. The second-order valence-electron chi connectivity index (χ2n) is 4.54. The van der Waals surface area contributed by atoms with Crippen LogP contribution in [-0.2, 0) is 4.79 Å². The molecule has 2 aromatic rings. The fraction of sp³-hybridized carbons (Fsp3) is 0.214. The lowest BCUT2D eigenvalue weighted by molar-refractivity contribution is -0.117. The van der Waals surface area contributed by atoms with Gasteiger partial charge in [0.2, 0.25) is 5.88 Å². The highest BCUT2D eigenvalue weighted by Crippen LogP contribution is 2.29. The summed E-state index contributed by atoms with van der Waals surface area (Å²) in [5.41, 5.74) is -0.770. The maximum Gasteiger partial charge on any atom is 0.328 e. The second kappa shape index (κ2) is 5.56. The van der Waals surface area contributed by atoms with Gasteiger partial charge in [-0.25, -0.2) is 4.79 Å². The molecule has 3 N–H and O–H groups in total. The van der Waals surface area contributed by atoms with Gasteiger partial charge in [-0.05, 0) is 12.5 Å². The maximum absolute atomic E-state index is 11.9. The quantitative estimate of drug-likeness (QED) is 0.770. The first-order chi connectivity index (χ1) is 9.49. The van der Waals surface area contributed by atoms with Gasteiger partial charge >= 0.3 is 5.69 Å². The molecule has 104 valence electrons. The summed E-state index contributed by atoms with van der Waals surface area (Å²) in [6.45, 7) is 1.41. The van der Waals surface area contributed by atoms with E-state index < -0.39 is 23.0 Å². The summed E-state index contributed by atoms with van der Waals surface area (Å²) in [5, 5.41) is 9.83. The highest BCUT2D eigenvalue weighted by molar-refractivity contribution is 5.77. The topological polar surface area (TPSA) is 103 Å². The molecule has 0 saturated heterocycles. The van der Waals surface area contributed by atoms with E-state index in [1.807, 2.05) is 6.07 Å². The number of hydrogen-bond donors (Lipinski definition) is 3. The van der Waals surface area contributed by atoms with Crippen molar-refractivity contribution in [2.45, 2.75) is 19.3 Å². The van der Waals surface area contributed by atoms with Gasteiger partial charge in [-0.2, -0.15) is 0 Å². The third-order valence-corrected chi connectivity index (χ3v) is 3.00. The molecule has 0 aliphatic carbocycles. The molecule has 0 radical (unpaired) electrons. The predicted octanol–water partition coefficient (Wildman–Crippen LogP) is 0.880. The molecule has 0 aliphatic heterocycles. The molecule has 1 heterocycles. The minimum Gasteiger partial charge on any atom is -0.494 e. The van der Waals surface area contributed by atoms with E-state index in [1.54, 1.807) is 24.3 Å². The largest absolute Gasteiger partial charge is 0.494 e. The number of benzene rings is 1. The van der Waals surface area contributed by atoms with Crippen LogP contribution in [0.3, 0.4) is 0 Å². The van der Waals surface area contributed by atoms with Crippen molar-refractivity contribution in [2.24, 2.45) is 0 Å². The van der Waals surface area contributed by atoms with Crippen LogP contribution >= 0.6 is 0 Å². The average molecular weight is 274 g/mol. The van der Waals surface area contributed by atoms with Crippen molar-refractivity contribution < 1.29 is 9.90 Å². The van der Waals surface area contributed by atoms with Crippen LogP contribution in [0.4, 0.5) is 0 Å². The van der Waals surface area contributed by atoms with E-state index >= 15 is 0 Å². The molecule has 0 fully saturated rings. The van der Waals surface area contributed by atoms with E-state index in [9.17, 15) is 19.5 Å². The first-order valence-electron chi connectivity index (χ1n) is 6.09. The third kappa shape index (κ3) is 2.85. The Morgan fingerprint density at radius 3 is 2.40 bits per heavy atom. The molecule has 2 rings (SSSR count). The standard InChI is InChI=1S/C14H14N2O4/c1-8(17)7-10(9-5-3-2-4-6-9)11-12(18)15-14(20)16-13(11)19/h2-6,10H,7H2,1H3,(H3,15,16,18,19,20)/t10-/m1/s1. The van der Waals surface area contributed by atoms with E-state index in [0.29, 0.717) is 0 Å². The molecule has 1 atom stereocenters. The smallest absolute Gasteiger partial charge is 0.328 e. The SMILES string of the molecule is CC(=O)C[C@H](c1ccccc1)c1c(O)[nH]c(=O)[nH]c1=O. The summed E-state index contributed by atoms with van der Waals surface area (Å²) in [4.78, 5) is 38.6. The van der Waals surface area contributed by atoms with Gasteiger partial charge in [0.1, 0.15) is 5.78 Å². The molecular formula is C14H14N2O4. The number of nitrogens with one attached hydrogen (secondary N) is 2. The van der Waals surface area contributed by atoms with Crippen LogP contribution in [0.5, 0.6) is 5.88 Å². The number of carbonyl (C=O) groups is 1. The zero-order valence-electron chi connectivity index (χ0n) is 10.8. The molecule has 0 saturated carbocycles. The Morgan fingerprint density at radius 2 is 1.85 bits per heavy atom. The first-order valence-corrected chi connectivity index (χ1v) is 6.09. The van der Waals surface area contributed by atoms with Crippen LogP contribution < -0.4 is 11.2 Å². The van der Waals surface area contributed by atoms with E-state index in [-0.39, 0.29) is 17.8 Å². The summed E-state index contributed by atoms with van der Waals surface area (Å²) in [6.07, 6.45) is 0.0622. The van der Waals surface area contributed by atoms with Crippen molar-refractivity contribution in [1.82, 2.24) is 9.97 Å². The zero-order chi connectivity index (χ0) is 14.7. The molecule has 1 aromatic carbocycles. The number of aromatic amines is 2. The molecular weight excluding hydrogens is 260 g/mol. The van der Waals surface area contributed by atoms with Crippen molar-refractivity contribution in [3.8, 4) is 5.88 Å². The van der Waals surface area contributed by atoms with Crippen LogP contribution in [-0.4, -0.2) is 20.9 Å². The summed E-state index contributed by atoms with van der Waals surface area (Å²) in [7, 11) is 0. The van der Waals surface area contributed by atoms with Gasteiger partial charge in [0, 0.05) is 12.3 Å². The van der Waals surface area contributed by atoms with Gasteiger partial charge < -0.3 is 5.11 Å². The lowest BCUT2D eigenvalue weighted by atomic mass is 9.88. The Bertz CT molecular complexity index is 731. The summed E-state index contributed by atoms with van der Waals surface area (Å²) in [6, 6.07) is 8.89. The van der Waals surface area contributed by atoms with Crippen molar-refractivity contribution >= 4 is 5.78 Å². The number of aromatic hydroxyl groups is 1. The van der Waals surface area contributed by atoms with Gasteiger partial charge in [0.15, 0.2) is 0 Å². The molecule has 0 spiro atoms. The molecule has 6 heteroatoms. The van der Waals surface area contributed by atoms with Crippen LogP contribution in [0.25, 0.3) is 0 Å². The van der Waals surface area contributed by atoms with Gasteiger partial charge in [0.25, 0.3) is 5.56 Å². The monoisotopic (exact) mass is 274 g/mol. The Balaban J connectivity index is 2.61. The van der Waals surface area contributed by atoms with Gasteiger partial charge in [-0.3, -0.25) is 19.6 Å². The number of carbonyl (C=O) groups excluding carboxylic acids is 1. The van der Waals surface area contributed by atoms with E-state index in [4.69, 9.17) is 0 Å². The maximum atomic E-state index is 11.9. The van der Waals surface area contributed by atoms with Gasteiger partial charge in [-0.1, -0.05) is 30.3 Å². The number of rotatable bonds is 4. The normalized spacial score (nSPS) is 12.1. The van der Waals surface area contributed by atoms with E-state index in [2.05, 4.69) is 9.97 Å². The molecule has 0 bridgehead atoms. The molecule has 1 aromatic heterocycles. The second-order valence-corrected chi connectivity index (χ2v) is 4.54. The molecule has 0 amide bonds. The molecule has 0 unspecified atom stereocenters. The Morgan fingerprint density at radius 1 is 1.20 bits per heavy atom. The minimum absolute atomic E-state index is 0.00833. The Hall–Kier alpha value is -2.63. The number of Topliss-reactive ketones (excluding diaryl/α,β-unsaturated/α-hetero) is 1. The van der Waals surface area contributed by atoms with Crippen molar-refractivity contribution in [3.05, 3.63) is 62.3 Å². The molecule has 0 aliphatic rings. The Labute approximate surface area is 114 Å². The lowest BCUT2D eigenvalue weighted by Gasteiger charge is -2.16. The number of hydrogen-bond acceptors (Lipinski definition) is 4. The average Bonchev–Trinajstić information content (AvgIpc) is 2.37. The van der Waals surface area contributed by atoms with Gasteiger partial charge in [-0.15, -0.1) is 0 Å². The van der Waals surface area contributed by atoms with Crippen molar-refractivity contribution in [3.63, 3.8) is 0 Å². The summed E-state index contributed by atoms with van der Waals surface area (Å²) in [5.74, 6) is -1.23. The number of aromatic nitrogens is 2. The highest BCUT2D eigenvalue weighted by Gasteiger charge is 2.23. The van der Waals surface area contributed by atoms with Crippen LogP contribution in [0.1, 0.15) is 30.4 Å². The number of H-pyrrole nitrogens is 2. The molecule has 6 nitrogen and oxygen atoms in total. The van der Waals surface area contributed by atoms with Crippen LogP contribution in [0.15, 0.2) is 39.9 Å². The van der Waals surface area contributed by atoms with Crippen molar-refractivity contribution in [2.75, 3.05) is 0 Å². The third-order valence-electron chi connectivity index (χ3n) is 3.00.